The van der Waals surface area contributed by atoms with Crippen LogP contribution in [-0.4, -0.2) is 25.3 Å². The topological polar surface area (TPSA) is 103 Å². The minimum atomic E-state index is -3.69. The molecule has 0 radical (unpaired) electrons. The summed E-state index contributed by atoms with van der Waals surface area (Å²) in [4.78, 5) is 11.8. The zero-order valence-electron chi connectivity index (χ0n) is 13.5. The third-order valence-electron chi connectivity index (χ3n) is 3.37. The third kappa shape index (κ3) is 3.56. The molecule has 0 aliphatic carbocycles. The van der Waals surface area contributed by atoms with Crippen LogP contribution in [0.25, 0.3) is 5.69 Å². The van der Waals surface area contributed by atoms with Crippen molar-refractivity contribution in [3.8, 4) is 11.8 Å². The fourth-order valence-electron chi connectivity index (χ4n) is 2.17. The molecule has 0 atom stereocenters. The highest BCUT2D eigenvalue weighted by Gasteiger charge is 2.15. The van der Waals surface area contributed by atoms with Crippen LogP contribution < -0.4 is 15.2 Å². The van der Waals surface area contributed by atoms with E-state index in [4.69, 9.17) is 9.15 Å². The predicted molar refractivity (Wildman–Crippen MR) is 90.6 cm³/mol. The lowest BCUT2D eigenvalue weighted by Crippen LogP contribution is -2.15. The van der Waals surface area contributed by atoms with Crippen LogP contribution in [0.3, 0.4) is 0 Å². The number of rotatable bonds is 5. The summed E-state index contributed by atoms with van der Waals surface area (Å²) in [6.07, 6.45) is -0.158. The van der Waals surface area contributed by atoms with Gasteiger partial charge in [-0.3, -0.25) is 4.72 Å². The summed E-state index contributed by atoms with van der Waals surface area (Å²) in [7, 11) is -2.36. The van der Waals surface area contributed by atoms with E-state index >= 15 is 0 Å². The Kier molecular flexibility index (Phi) is 4.32. The Labute approximate surface area is 143 Å². The second kappa shape index (κ2) is 6.44. The van der Waals surface area contributed by atoms with E-state index in [0.717, 1.165) is 10.2 Å². The molecule has 0 saturated carbocycles. The molecule has 3 rings (SSSR count). The van der Waals surface area contributed by atoms with Gasteiger partial charge in [0.15, 0.2) is 0 Å². The Morgan fingerprint density at radius 1 is 1.16 bits per heavy atom. The molecule has 0 amide bonds. The highest BCUT2D eigenvalue weighted by molar-refractivity contribution is 7.92. The molecule has 25 heavy (non-hydrogen) atoms. The van der Waals surface area contributed by atoms with E-state index in [1.54, 1.807) is 12.1 Å². The number of anilines is 1. The molecule has 0 fully saturated rings. The number of hydrogen-bond acceptors (Lipinski definition) is 6. The summed E-state index contributed by atoms with van der Waals surface area (Å²) < 4.78 is 37.8. The molecule has 0 aliphatic rings. The van der Waals surface area contributed by atoms with E-state index < -0.39 is 15.8 Å². The van der Waals surface area contributed by atoms with Crippen molar-refractivity contribution in [3.05, 3.63) is 64.6 Å². The van der Waals surface area contributed by atoms with Crippen molar-refractivity contribution in [1.82, 2.24) is 9.78 Å². The number of ether oxygens (including phenoxy) is 1. The number of sulfonamides is 1. The Morgan fingerprint density at radius 2 is 1.88 bits per heavy atom. The van der Waals surface area contributed by atoms with Crippen LogP contribution in [0.5, 0.6) is 6.08 Å². The SMILES string of the molecule is COc1nn(-c2ccc(NS(=O)(=O)c3cccc(C)c3)cc2)c(=O)o1. The lowest BCUT2D eigenvalue weighted by molar-refractivity contribution is 0.282. The monoisotopic (exact) mass is 361 g/mol. The van der Waals surface area contributed by atoms with Gasteiger partial charge in [0.2, 0.25) is 0 Å². The van der Waals surface area contributed by atoms with Gasteiger partial charge < -0.3 is 9.15 Å². The summed E-state index contributed by atoms with van der Waals surface area (Å²) in [6.45, 7) is 1.82. The van der Waals surface area contributed by atoms with Crippen LogP contribution in [0.15, 0.2) is 62.6 Å². The molecule has 0 spiro atoms. The Balaban J connectivity index is 1.85. The zero-order valence-corrected chi connectivity index (χ0v) is 14.3. The van der Waals surface area contributed by atoms with E-state index in [0.29, 0.717) is 11.4 Å². The van der Waals surface area contributed by atoms with Crippen molar-refractivity contribution < 1.29 is 17.6 Å². The molecule has 1 aromatic heterocycles. The van der Waals surface area contributed by atoms with Crippen LogP contribution in [0.2, 0.25) is 0 Å². The number of aromatic nitrogens is 2. The summed E-state index contributed by atoms with van der Waals surface area (Å²) in [5.74, 6) is -0.704. The number of methoxy groups -OCH3 is 1. The van der Waals surface area contributed by atoms with E-state index in [9.17, 15) is 13.2 Å². The van der Waals surface area contributed by atoms with Gasteiger partial charge in [0, 0.05) is 5.69 Å². The average molecular weight is 361 g/mol. The van der Waals surface area contributed by atoms with E-state index in [2.05, 4.69) is 9.82 Å². The number of hydrogen-bond donors (Lipinski definition) is 1. The fourth-order valence-corrected chi connectivity index (χ4v) is 3.34. The van der Waals surface area contributed by atoms with Crippen LogP contribution in [0, 0.1) is 6.92 Å². The standard InChI is InChI=1S/C16H15N3O5S/c1-11-4-3-5-14(10-11)25(21,22)18-12-6-8-13(9-7-12)19-16(20)24-15(17-19)23-2/h3-10,18H,1-2H3. The predicted octanol–water partition coefficient (Wildman–Crippen LogP) is 1.94. The van der Waals surface area contributed by atoms with Gasteiger partial charge >= 0.3 is 11.8 Å². The molecule has 0 aliphatic heterocycles. The first kappa shape index (κ1) is 16.8. The molecule has 8 nitrogen and oxygen atoms in total. The smallest absolute Gasteiger partial charge is 0.444 e. The highest BCUT2D eigenvalue weighted by Crippen LogP contribution is 2.18. The number of nitrogens with one attached hydrogen (secondary N) is 1. The van der Waals surface area contributed by atoms with Crippen LogP contribution >= 0.6 is 0 Å². The first-order valence-electron chi connectivity index (χ1n) is 7.23. The maximum atomic E-state index is 12.4. The van der Waals surface area contributed by atoms with Crippen molar-refractivity contribution >= 4 is 15.7 Å². The molecule has 130 valence electrons. The maximum absolute atomic E-state index is 12.4. The van der Waals surface area contributed by atoms with Gasteiger partial charge in [-0.1, -0.05) is 17.2 Å². The largest absolute Gasteiger partial charge is 0.452 e. The van der Waals surface area contributed by atoms with Crippen molar-refractivity contribution in [2.75, 3.05) is 11.8 Å². The zero-order chi connectivity index (χ0) is 18.0. The normalized spacial score (nSPS) is 11.3. The molecule has 2 aromatic carbocycles. The molecule has 3 aromatic rings. The van der Waals surface area contributed by atoms with Crippen LogP contribution in [0.4, 0.5) is 5.69 Å². The van der Waals surface area contributed by atoms with Gasteiger partial charge in [0.25, 0.3) is 10.0 Å². The molecule has 0 unspecified atom stereocenters. The molecule has 0 saturated heterocycles. The van der Waals surface area contributed by atoms with Gasteiger partial charge in [0.05, 0.1) is 17.7 Å². The van der Waals surface area contributed by atoms with Gasteiger partial charge in [-0.05, 0) is 48.9 Å². The third-order valence-corrected chi connectivity index (χ3v) is 4.75. The molecule has 9 heteroatoms. The van der Waals surface area contributed by atoms with Gasteiger partial charge in [-0.2, -0.15) is 4.68 Å². The summed E-state index contributed by atoms with van der Waals surface area (Å²) in [5, 5.41) is 3.84. The van der Waals surface area contributed by atoms with Crippen molar-refractivity contribution in [2.45, 2.75) is 11.8 Å². The average Bonchev–Trinajstić information content (AvgIpc) is 2.96. The van der Waals surface area contributed by atoms with Crippen LogP contribution in [-0.2, 0) is 10.0 Å². The van der Waals surface area contributed by atoms with Gasteiger partial charge in [-0.15, -0.1) is 0 Å². The van der Waals surface area contributed by atoms with Gasteiger partial charge in [0.1, 0.15) is 0 Å². The molecular formula is C16H15N3O5S. The van der Waals surface area contributed by atoms with E-state index in [1.807, 2.05) is 13.0 Å². The summed E-state index contributed by atoms with van der Waals surface area (Å²) in [6, 6.07) is 12.7. The van der Waals surface area contributed by atoms with Crippen molar-refractivity contribution in [1.29, 1.82) is 0 Å². The maximum Gasteiger partial charge on any atom is 0.444 e. The Bertz CT molecular complexity index is 1050. The van der Waals surface area contributed by atoms with Crippen molar-refractivity contribution in [2.24, 2.45) is 0 Å². The molecule has 1 heterocycles. The molecule has 1 N–H and O–H groups in total. The number of aryl methyl sites for hydroxylation is 1. The first-order chi connectivity index (χ1) is 11.9. The second-order valence-electron chi connectivity index (χ2n) is 5.22. The summed E-state index contributed by atoms with van der Waals surface area (Å²) >= 11 is 0. The Morgan fingerprint density at radius 3 is 2.48 bits per heavy atom. The first-order valence-corrected chi connectivity index (χ1v) is 8.71. The lowest BCUT2D eigenvalue weighted by atomic mass is 10.2. The van der Waals surface area contributed by atoms with Crippen LogP contribution in [0.1, 0.15) is 5.56 Å². The fraction of sp³-hybridized carbons (Fsp3) is 0.125. The lowest BCUT2D eigenvalue weighted by Gasteiger charge is -2.09. The summed E-state index contributed by atoms with van der Waals surface area (Å²) in [5.41, 5.74) is 1.61. The van der Waals surface area contributed by atoms with E-state index in [1.165, 1.54) is 37.4 Å². The molecular weight excluding hydrogens is 346 g/mol. The minimum absolute atomic E-state index is 0.158. The van der Waals surface area contributed by atoms with Crippen molar-refractivity contribution in [3.63, 3.8) is 0 Å². The molecule has 0 bridgehead atoms. The van der Waals surface area contributed by atoms with E-state index in [-0.39, 0.29) is 11.0 Å². The Hall–Kier alpha value is -3.07. The highest BCUT2D eigenvalue weighted by atomic mass is 32.2. The number of nitrogens with zero attached hydrogens (tertiary/aromatic N) is 2. The number of benzene rings is 2. The minimum Gasteiger partial charge on any atom is -0.452 e. The quantitative estimate of drug-likeness (QED) is 0.745. The second-order valence-corrected chi connectivity index (χ2v) is 6.90. The van der Waals surface area contributed by atoms with Gasteiger partial charge in [-0.25, -0.2) is 13.2 Å².